The summed E-state index contributed by atoms with van der Waals surface area (Å²) in [6.45, 7) is 1.54. The molecule has 0 fully saturated rings. The Morgan fingerprint density at radius 3 is 3.00 bits per heavy atom. The Hall–Kier alpha value is -0.360. The van der Waals surface area contributed by atoms with Gasteiger partial charge in [0.1, 0.15) is 11.8 Å². The standard InChI is InChI=1S/C8H7ClINO2/c1-5(12)4-13-7-3-11-8(9)2-6(7)10/h2-3H,4H2,1H3. The number of nitrogens with zero attached hydrogens (tertiary/aromatic N) is 1. The topological polar surface area (TPSA) is 39.2 Å². The molecule has 0 unspecified atom stereocenters. The Balaban J connectivity index is 2.72. The SMILES string of the molecule is CC(=O)COc1cnc(Cl)cc1I. The van der Waals surface area contributed by atoms with Crippen molar-refractivity contribution in [1.82, 2.24) is 4.98 Å². The highest BCUT2D eigenvalue weighted by Crippen LogP contribution is 2.21. The highest BCUT2D eigenvalue weighted by Gasteiger charge is 2.03. The van der Waals surface area contributed by atoms with Crippen molar-refractivity contribution in [3.8, 4) is 5.75 Å². The first-order valence-corrected chi connectivity index (χ1v) is 4.98. The summed E-state index contributed by atoms with van der Waals surface area (Å²) in [6.07, 6.45) is 1.51. The Morgan fingerprint density at radius 2 is 2.46 bits per heavy atom. The Labute approximate surface area is 94.6 Å². The van der Waals surface area contributed by atoms with Gasteiger partial charge in [0.15, 0.2) is 11.5 Å². The molecule has 3 nitrogen and oxygen atoms in total. The first kappa shape index (κ1) is 10.7. The molecule has 70 valence electrons. The molecule has 0 aromatic carbocycles. The van der Waals surface area contributed by atoms with Crippen LogP contribution in [-0.4, -0.2) is 17.4 Å². The number of ether oxygens (including phenoxy) is 1. The van der Waals surface area contributed by atoms with E-state index in [1.807, 2.05) is 0 Å². The van der Waals surface area contributed by atoms with Gasteiger partial charge in [-0.25, -0.2) is 4.98 Å². The molecular weight excluding hydrogens is 304 g/mol. The molecule has 0 bridgehead atoms. The van der Waals surface area contributed by atoms with E-state index >= 15 is 0 Å². The Bertz CT molecular complexity index is 330. The molecule has 1 heterocycles. The van der Waals surface area contributed by atoms with E-state index in [1.54, 1.807) is 6.07 Å². The highest BCUT2D eigenvalue weighted by molar-refractivity contribution is 14.1. The highest BCUT2D eigenvalue weighted by atomic mass is 127. The number of carbonyl (C=O) groups excluding carboxylic acids is 1. The first-order valence-electron chi connectivity index (χ1n) is 3.53. The lowest BCUT2D eigenvalue weighted by atomic mass is 10.4. The zero-order valence-electron chi connectivity index (χ0n) is 6.88. The van der Waals surface area contributed by atoms with Crippen LogP contribution in [0.1, 0.15) is 6.92 Å². The number of hydrogen-bond donors (Lipinski definition) is 0. The third-order valence-corrected chi connectivity index (χ3v) is 2.27. The fourth-order valence-corrected chi connectivity index (χ4v) is 1.61. The maximum Gasteiger partial charge on any atom is 0.167 e. The van der Waals surface area contributed by atoms with Gasteiger partial charge in [0, 0.05) is 0 Å². The van der Waals surface area contributed by atoms with E-state index in [1.165, 1.54) is 13.1 Å². The van der Waals surface area contributed by atoms with E-state index in [2.05, 4.69) is 27.6 Å². The van der Waals surface area contributed by atoms with Crippen LogP contribution in [-0.2, 0) is 4.79 Å². The fraction of sp³-hybridized carbons (Fsp3) is 0.250. The number of carbonyl (C=O) groups is 1. The molecular formula is C8H7ClINO2. The van der Waals surface area contributed by atoms with Gasteiger partial charge in [-0.3, -0.25) is 4.79 Å². The number of Topliss-reactive ketones (excluding diaryl/α,β-unsaturated/α-hetero) is 1. The van der Waals surface area contributed by atoms with Gasteiger partial charge in [0.25, 0.3) is 0 Å². The van der Waals surface area contributed by atoms with Crippen LogP contribution in [0.2, 0.25) is 5.15 Å². The molecule has 0 aliphatic heterocycles. The van der Waals surface area contributed by atoms with Crippen molar-refractivity contribution in [1.29, 1.82) is 0 Å². The normalized spacial score (nSPS) is 9.77. The van der Waals surface area contributed by atoms with Gasteiger partial charge in [-0.15, -0.1) is 0 Å². The second kappa shape index (κ2) is 4.76. The number of halogens is 2. The van der Waals surface area contributed by atoms with Crippen LogP contribution in [0, 0.1) is 3.57 Å². The van der Waals surface area contributed by atoms with E-state index in [0.29, 0.717) is 10.9 Å². The second-order valence-corrected chi connectivity index (χ2v) is 3.98. The zero-order valence-corrected chi connectivity index (χ0v) is 9.79. The molecule has 0 aliphatic rings. The minimum absolute atomic E-state index is 0.0225. The summed E-state index contributed by atoms with van der Waals surface area (Å²) < 4.78 is 6.02. The molecule has 5 heteroatoms. The van der Waals surface area contributed by atoms with Crippen LogP contribution in [0.4, 0.5) is 0 Å². The Morgan fingerprint density at radius 1 is 1.77 bits per heavy atom. The third kappa shape index (κ3) is 3.48. The minimum atomic E-state index is -0.0225. The molecule has 0 radical (unpaired) electrons. The van der Waals surface area contributed by atoms with Crippen molar-refractivity contribution < 1.29 is 9.53 Å². The number of rotatable bonds is 3. The number of pyridine rings is 1. The molecule has 0 spiro atoms. The van der Waals surface area contributed by atoms with Crippen molar-refractivity contribution in [3.05, 3.63) is 21.0 Å². The average molecular weight is 312 g/mol. The maximum absolute atomic E-state index is 10.6. The van der Waals surface area contributed by atoms with Gasteiger partial charge in [-0.05, 0) is 35.6 Å². The molecule has 0 aliphatic carbocycles. The van der Waals surface area contributed by atoms with E-state index in [4.69, 9.17) is 16.3 Å². The fourth-order valence-electron chi connectivity index (χ4n) is 0.681. The van der Waals surface area contributed by atoms with E-state index in [-0.39, 0.29) is 12.4 Å². The van der Waals surface area contributed by atoms with Crippen LogP contribution in [0.25, 0.3) is 0 Å². The van der Waals surface area contributed by atoms with Crippen molar-refractivity contribution in [2.45, 2.75) is 6.92 Å². The van der Waals surface area contributed by atoms with Crippen LogP contribution in [0.15, 0.2) is 12.3 Å². The monoisotopic (exact) mass is 311 g/mol. The second-order valence-electron chi connectivity index (χ2n) is 2.43. The van der Waals surface area contributed by atoms with Crippen molar-refractivity contribution in [3.63, 3.8) is 0 Å². The molecule has 1 aromatic heterocycles. The third-order valence-electron chi connectivity index (χ3n) is 1.22. The van der Waals surface area contributed by atoms with Gasteiger partial charge >= 0.3 is 0 Å². The summed E-state index contributed by atoms with van der Waals surface area (Å²) in [6, 6.07) is 1.68. The lowest BCUT2D eigenvalue weighted by molar-refractivity contribution is -0.118. The predicted octanol–water partition coefficient (Wildman–Crippen LogP) is 2.31. The average Bonchev–Trinajstić information content (AvgIpc) is 2.02. The smallest absolute Gasteiger partial charge is 0.167 e. The number of ketones is 1. The minimum Gasteiger partial charge on any atom is -0.483 e. The van der Waals surface area contributed by atoms with Crippen molar-refractivity contribution >= 4 is 40.0 Å². The van der Waals surface area contributed by atoms with Crippen LogP contribution in [0.5, 0.6) is 5.75 Å². The van der Waals surface area contributed by atoms with E-state index < -0.39 is 0 Å². The van der Waals surface area contributed by atoms with E-state index in [9.17, 15) is 4.79 Å². The molecule has 0 saturated carbocycles. The van der Waals surface area contributed by atoms with E-state index in [0.717, 1.165) is 3.57 Å². The van der Waals surface area contributed by atoms with Crippen molar-refractivity contribution in [2.75, 3.05) is 6.61 Å². The summed E-state index contributed by atoms with van der Waals surface area (Å²) in [5.41, 5.74) is 0. The first-order chi connectivity index (χ1) is 6.09. The number of aromatic nitrogens is 1. The summed E-state index contributed by atoms with van der Waals surface area (Å²) in [5.74, 6) is 0.561. The van der Waals surface area contributed by atoms with Gasteiger partial charge in [-0.2, -0.15) is 0 Å². The van der Waals surface area contributed by atoms with Crippen molar-refractivity contribution in [2.24, 2.45) is 0 Å². The van der Waals surface area contributed by atoms with Crippen LogP contribution in [0.3, 0.4) is 0 Å². The molecule has 1 rings (SSSR count). The van der Waals surface area contributed by atoms with Gasteiger partial charge < -0.3 is 4.74 Å². The molecule has 0 amide bonds. The molecule has 0 saturated heterocycles. The summed E-state index contributed by atoms with van der Waals surface area (Å²) in [5, 5.41) is 0.416. The summed E-state index contributed by atoms with van der Waals surface area (Å²) >= 11 is 7.71. The summed E-state index contributed by atoms with van der Waals surface area (Å²) in [4.78, 5) is 14.5. The quantitative estimate of drug-likeness (QED) is 0.635. The largest absolute Gasteiger partial charge is 0.483 e. The lowest BCUT2D eigenvalue weighted by Crippen LogP contribution is -2.07. The molecule has 0 atom stereocenters. The Kier molecular flexibility index (Phi) is 3.92. The maximum atomic E-state index is 10.6. The van der Waals surface area contributed by atoms with Crippen LogP contribution >= 0.6 is 34.2 Å². The molecule has 0 N–H and O–H groups in total. The van der Waals surface area contributed by atoms with Crippen LogP contribution < -0.4 is 4.74 Å². The van der Waals surface area contributed by atoms with Gasteiger partial charge in [0.05, 0.1) is 9.77 Å². The molecule has 13 heavy (non-hydrogen) atoms. The number of hydrogen-bond acceptors (Lipinski definition) is 3. The van der Waals surface area contributed by atoms with Gasteiger partial charge in [-0.1, -0.05) is 11.6 Å². The zero-order chi connectivity index (χ0) is 9.84. The lowest BCUT2D eigenvalue weighted by Gasteiger charge is -2.04. The predicted molar refractivity (Wildman–Crippen MR) is 58.1 cm³/mol. The van der Waals surface area contributed by atoms with Gasteiger partial charge in [0.2, 0.25) is 0 Å². The molecule has 1 aromatic rings. The summed E-state index contributed by atoms with van der Waals surface area (Å²) in [7, 11) is 0.